The topological polar surface area (TPSA) is 41.5 Å². The molecule has 0 radical (unpaired) electrons. The van der Waals surface area contributed by atoms with Gasteiger partial charge in [-0.3, -0.25) is 4.90 Å². The van der Waals surface area contributed by atoms with E-state index in [1.165, 1.54) is 16.8 Å². The Bertz CT molecular complexity index is 776. The summed E-state index contributed by atoms with van der Waals surface area (Å²) in [7, 11) is 3.99. The van der Waals surface area contributed by atoms with Gasteiger partial charge in [-0.05, 0) is 31.0 Å². The fourth-order valence-electron chi connectivity index (χ4n) is 4.04. The van der Waals surface area contributed by atoms with Crippen LogP contribution in [0, 0.1) is 6.92 Å². The van der Waals surface area contributed by atoms with E-state index in [1.807, 2.05) is 25.2 Å². The molecule has 0 saturated carbocycles. The number of aryl methyl sites for hydroxylation is 1. The SMILES string of the molecule is Cc1ccccc1CN1CC[C@@]2(COCc3cnc(N(C)C)nc32)C1. The predicted octanol–water partition coefficient (Wildman–Crippen LogP) is 2.52. The average molecular weight is 338 g/mol. The maximum atomic E-state index is 5.94. The second-order valence-electron chi connectivity index (χ2n) is 7.60. The number of aromatic nitrogens is 2. The maximum absolute atomic E-state index is 5.94. The summed E-state index contributed by atoms with van der Waals surface area (Å²) in [5.41, 5.74) is 5.12. The summed E-state index contributed by atoms with van der Waals surface area (Å²) in [6.07, 6.45) is 3.04. The molecular weight excluding hydrogens is 312 g/mol. The number of hydrogen-bond acceptors (Lipinski definition) is 5. The number of hydrogen-bond donors (Lipinski definition) is 0. The summed E-state index contributed by atoms with van der Waals surface area (Å²) >= 11 is 0. The molecular formula is C20H26N4O. The molecule has 3 heterocycles. The van der Waals surface area contributed by atoms with Crippen LogP contribution in [-0.4, -0.2) is 48.7 Å². The molecule has 2 aromatic rings. The highest BCUT2D eigenvalue weighted by Gasteiger charge is 2.45. The van der Waals surface area contributed by atoms with Gasteiger partial charge in [-0.15, -0.1) is 0 Å². The van der Waals surface area contributed by atoms with Gasteiger partial charge in [-0.2, -0.15) is 0 Å². The van der Waals surface area contributed by atoms with E-state index in [2.05, 4.69) is 41.1 Å². The molecule has 1 aromatic carbocycles. The van der Waals surface area contributed by atoms with Crippen molar-refractivity contribution in [2.75, 3.05) is 38.7 Å². The van der Waals surface area contributed by atoms with Gasteiger partial charge in [0.2, 0.25) is 5.95 Å². The molecule has 25 heavy (non-hydrogen) atoms. The van der Waals surface area contributed by atoms with Crippen LogP contribution in [0.15, 0.2) is 30.5 Å². The van der Waals surface area contributed by atoms with Gasteiger partial charge in [-0.25, -0.2) is 9.97 Å². The van der Waals surface area contributed by atoms with Gasteiger partial charge in [0, 0.05) is 38.9 Å². The molecule has 1 fully saturated rings. The van der Waals surface area contributed by atoms with Crippen molar-refractivity contribution in [3.63, 3.8) is 0 Å². The van der Waals surface area contributed by atoms with E-state index < -0.39 is 0 Å². The highest BCUT2D eigenvalue weighted by atomic mass is 16.5. The Hall–Kier alpha value is -1.98. The minimum atomic E-state index is 0.00394. The molecule has 5 nitrogen and oxygen atoms in total. The molecule has 0 bridgehead atoms. The Morgan fingerprint density at radius 3 is 2.92 bits per heavy atom. The summed E-state index contributed by atoms with van der Waals surface area (Å²) in [4.78, 5) is 13.9. The van der Waals surface area contributed by atoms with Gasteiger partial charge in [0.1, 0.15) is 0 Å². The lowest BCUT2D eigenvalue weighted by Crippen LogP contribution is -2.40. The van der Waals surface area contributed by atoms with E-state index in [-0.39, 0.29) is 5.41 Å². The van der Waals surface area contributed by atoms with E-state index in [0.29, 0.717) is 6.61 Å². The van der Waals surface area contributed by atoms with Crippen LogP contribution < -0.4 is 4.90 Å². The fourth-order valence-corrected chi connectivity index (χ4v) is 4.04. The number of likely N-dealkylation sites (tertiary alicyclic amines) is 1. The molecule has 0 N–H and O–H groups in total. The molecule has 1 aromatic heterocycles. The molecule has 2 aliphatic heterocycles. The summed E-state index contributed by atoms with van der Waals surface area (Å²) < 4.78 is 5.94. The number of rotatable bonds is 3. The summed E-state index contributed by atoms with van der Waals surface area (Å²) in [6, 6.07) is 8.66. The van der Waals surface area contributed by atoms with Gasteiger partial charge in [0.05, 0.1) is 24.3 Å². The Morgan fingerprint density at radius 1 is 1.28 bits per heavy atom. The van der Waals surface area contributed by atoms with E-state index in [1.54, 1.807) is 0 Å². The smallest absolute Gasteiger partial charge is 0.225 e. The van der Waals surface area contributed by atoms with Gasteiger partial charge in [0.15, 0.2) is 0 Å². The largest absolute Gasteiger partial charge is 0.376 e. The van der Waals surface area contributed by atoms with E-state index in [4.69, 9.17) is 9.72 Å². The molecule has 1 spiro atoms. The van der Waals surface area contributed by atoms with Crippen molar-refractivity contribution in [2.45, 2.75) is 31.9 Å². The van der Waals surface area contributed by atoms with Crippen molar-refractivity contribution in [1.29, 1.82) is 0 Å². The fraction of sp³-hybridized carbons (Fsp3) is 0.500. The summed E-state index contributed by atoms with van der Waals surface area (Å²) in [6.45, 7) is 6.65. The predicted molar refractivity (Wildman–Crippen MR) is 98.8 cm³/mol. The minimum Gasteiger partial charge on any atom is -0.376 e. The van der Waals surface area contributed by atoms with Crippen molar-refractivity contribution >= 4 is 5.95 Å². The third-order valence-corrected chi connectivity index (χ3v) is 5.48. The number of nitrogens with zero attached hydrogens (tertiary/aromatic N) is 4. The van der Waals surface area contributed by atoms with Crippen molar-refractivity contribution in [1.82, 2.24) is 14.9 Å². The Morgan fingerprint density at radius 2 is 2.12 bits per heavy atom. The van der Waals surface area contributed by atoms with E-state index >= 15 is 0 Å². The summed E-state index contributed by atoms with van der Waals surface area (Å²) in [5, 5.41) is 0. The van der Waals surface area contributed by atoms with Crippen LogP contribution in [0.2, 0.25) is 0 Å². The molecule has 5 heteroatoms. The van der Waals surface area contributed by atoms with Crippen molar-refractivity contribution < 1.29 is 4.74 Å². The zero-order valence-electron chi connectivity index (χ0n) is 15.3. The lowest BCUT2D eigenvalue weighted by atomic mass is 9.80. The quantitative estimate of drug-likeness (QED) is 0.860. The van der Waals surface area contributed by atoms with Crippen molar-refractivity contribution in [3.8, 4) is 0 Å². The molecule has 0 unspecified atom stereocenters. The Kier molecular flexibility index (Phi) is 4.21. The van der Waals surface area contributed by atoms with Crippen LogP contribution in [0.1, 0.15) is 28.8 Å². The first-order valence-electron chi connectivity index (χ1n) is 8.96. The highest BCUT2D eigenvalue weighted by molar-refractivity contribution is 5.37. The van der Waals surface area contributed by atoms with Crippen LogP contribution in [0.4, 0.5) is 5.95 Å². The van der Waals surface area contributed by atoms with Crippen LogP contribution in [0.3, 0.4) is 0 Å². The van der Waals surface area contributed by atoms with E-state index in [0.717, 1.165) is 44.2 Å². The van der Waals surface area contributed by atoms with Gasteiger partial charge >= 0.3 is 0 Å². The maximum Gasteiger partial charge on any atom is 0.225 e. The molecule has 0 amide bonds. The first kappa shape index (κ1) is 16.5. The third-order valence-electron chi connectivity index (χ3n) is 5.48. The molecule has 4 rings (SSSR count). The lowest BCUT2D eigenvalue weighted by molar-refractivity contribution is 0.0503. The second-order valence-corrected chi connectivity index (χ2v) is 7.60. The van der Waals surface area contributed by atoms with Crippen LogP contribution in [-0.2, 0) is 23.3 Å². The van der Waals surface area contributed by atoms with Gasteiger partial charge < -0.3 is 9.64 Å². The Balaban J connectivity index is 1.60. The zero-order chi connectivity index (χ0) is 17.4. The number of anilines is 1. The lowest BCUT2D eigenvalue weighted by Gasteiger charge is -2.35. The molecule has 1 saturated heterocycles. The van der Waals surface area contributed by atoms with Crippen molar-refractivity contribution in [3.05, 3.63) is 52.8 Å². The number of ether oxygens (including phenoxy) is 1. The molecule has 132 valence electrons. The standard InChI is InChI=1S/C20H26N4O/c1-15-6-4-5-7-16(15)11-24-9-8-20(13-24)14-25-12-17-10-21-19(23(2)3)22-18(17)20/h4-7,10H,8-9,11-14H2,1-3H3/t20-/m0/s1. The molecule has 1 atom stereocenters. The number of benzene rings is 1. The minimum absolute atomic E-state index is 0.00394. The molecule has 2 aliphatic rings. The average Bonchev–Trinajstić information content (AvgIpc) is 3.00. The zero-order valence-corrected chi connectivity index (χ0v) is 15.3. The first-order valence-corrected chi connectivity index (χ1v) is 8.96. The van der Waals surface area contributed by atoms with Crippen molar-refractivity contribution in [2.24, 2.45) is 0 Å². The van der Waals surface area contributed by atoms with Crippen LogP contribution in [0.25, 0.3) is 0 Å². The highest BCUT2D eigenvalue weighted by Crippen LogP contribution is 2.39. The third kappa shape index (κ3) is 3.02. The van der Waals surface area contributed by atoms with Crippen LogP contribution >= 0.6 is 0 Å². The second kappa shape index (κ2) is 6.39. The van der Waals surface area contributed by atoms with Gasteiger partial charge in [-0.1, -0.05) is 24.3 Å². The normalized spacial score (nSPS) is 23.0. The van der Waals surface area contributed by atoms with Gasteiger partial charge in [0.25, 0.3) is 0 Å². The first-order chi connectivity index (χ1) is 12.1. The van der Waals surface area contributed by atoms with Crippen LogP contribution in [0.5, 0.6) is 0 Å². The Labute approximate surface area is 149 Å². The summed E-state index contributed by atoms with van der Waals surface area (Å²) in [5.74, 6) is 0.789. The monoisotopic (exact) mass is 338 g/mol. The molecule has 0 aliphatic carbocycles. The number of fused-ring (bicyclic) bond motifs is 2. The van der Waals surface area contributed by atoms with E-state index in [9.17, 15) is 0 Å².